The second-order valence-corrected chi connectivity index (χ2v) is 4.17. The first kappa shape index (κ1) is 7.94. The lowest BCUT2D eigenvalue weighted by Crippen LogP contribution is -2.16. The van der Waals surface area contributed by atoms with Crippen LogP contribution < -0.4 is 0 Å². The highest BCUT2D eigenvalue weighted by molar-refractivity contribution is 7.99. The van der Waals surface area contributed by atoms with Gasteiger partial charge in [-0.1, -0.05) is 6.42 Å². The van der Waals surface area contributed by atoms with Crippen LogP contribution in [0.25, 0.3) is 0 Å². The van der Waals surface area contributed by atoms with E-state index in [0.717, 1.165) is 0 Å². The molecule has 0 spiro atoms. The summed E-state index contributed by atoms with van der Waals surface area (Å²) in [4.78, 5) is 0. The maximum Gasteiger partial charge on any atom is 0.0664 e. The van der Waals surface area contributed by atoms with Crippen LogP contribution in [0.15, 0.2) is 0 Å². The predicted octanol–water partition coefficient (Wildman–Crippen LogP) is 2.43. The monoisotopic (exact) mass is 155 g/mol. The summed E-state index contributed by atoms with van der Waals surface area (Å²) in [6.45, 7) is 2.03. The summed E-state index contributed by atoms with van der Waals surface area (Å²) in [6.07, 6.45) is 3.92. The molecule has 1 heterocycles. The molecule has 0 N–H and O–H groups in total. The summed E-state index contributed by atoms with van der Waals surface area (Å²) in [5.74, 6) is 1.52. The van der Waals surface area contributed by atoms with Gasteiger partial charge in [0.15, 0.2) is 0 Å². The summed E-state index contributed by atoms with van der Waals surface area (Å²) in [5, 5.41) is 9.25. The maximum atomic E-state index is 8.62. The molecular formula is C8H13NS. The Labute approximate surface area is 66.8 Å². The molecule has 10 heavy (non-hydrogen) atoms. The lowest BCUT2D eigenvalue weighted by molar-refractivity contribution is 0.585. The summed E-state index contributed by atoms with van der Waals surface area (Å²) in [7, 11) is 0. The third-order valence-corrected chi connectivity index (χ3v) is 3.57. The SMILES string of the molecule is CC(C#N)C1CCCCS1. The van der Waals surface area contributed by atoms with Gasteiger partial charge in [-0.3, -0.25) is 0 Å². The van der Waals surface area contributed by atoms with Gasteiger partial charge in [0.1, 0.15) is 0 Å². The van der Waals surface area contributed by atoms with Crippen molar-refractivity contribution in [3.63, 3.8) is 0 Å². The lowest BCUT2D eigenvalue weighted by Gasteiger charge is -2.22. The Morgan fingerprint density at radius 1 is 1.60 bits per heavy atom. The molecule has 0 aliphatic carbocycles. The Hall–Kier alpha value is -0.160. The van der Waals surface area contributed by atoms with E-state index in [4.69, 9.17) is 5.26 Å². The van der Waals surface area contributed by atoms with Crippen molar-refractivity contribution in [3.8, 4) is 6.07 Å². The third kappa shape index (κ3) is 1.91. The number of nitrogens with zero attached hydrogens (tertiary/aromatic N) is 1. The zero-order valence-electron chi connectivity index (χ0n) is 6.34. The van der Waals surface area contributed by atoms with E-state index in [9.17, 15) is 0 Å². The topological polar surface area (TPSA) is 23.8 Å². The predicted molar refractivity (Wildman–Crippen MR) is 44.9 cm³/mol. The van der Waals surface area contributed by atoms with Crippen molar-refractivity contribution in [1.29, 1.82) is 5.26 Å². The molecule has 0 bridgehead atoms. The molecule has 2 unspecified atom stereocenters. The summed E-state index contributed by atoms with van der Waals surface area (Å²) in [6, 6.07) is 2.31. The Morgan fingerprint density at radius 2 is 2.40 bits per heavy atom. The standard InChI is InChI=1S/C8H13NS/c1-7(6-9)8-4-2-3-5-10-8/h7-8H,2-5H2,1H3. The van der Waals surface area contributed by atoms with Gasteiger partial charge < -0.3 is 0 Å². The van der Waals surface area contributed by atoms with Gasteiger partial charge in [-0.25, -0.2) is 0 Å². The number of hydrogen-bond acceptors (Lipinski definition) is 2. The second kappa shape index (κ2) is 3.88. The van der Waals surface area contributed by atoms with E-state index in [-0.39, 0.29) is 5.92 Å². The van der Waals surface area contributed by atoms with Crippen molar-refractivity contribution >= 4 is 11.8 Å². The van der Waals surface area contributed by atoms with Gasteiger partial charge in [-0.2, -0.15) is 17.0 Å². The Balaban J connectivity index is 2.33. The van der Waals surface area contributed by atoms with Crippen molar-refractivity contribution in [2.24, 2.45) is 5.92 Å². The van der Waals surface area contributed by atoms with Crippen molar-refractivity contribution in [3.05, 3.63) is 0 Å². The largest absolute Gasteiger partial charge is 0.198 e. The molecule has 1 rings (SSSR count). The van der Waals surface area contributed by atoms with Gasteiger partial charge in [-0.15, -0.1) is 0 Å². The smallest absolute Gasteiger partial charge is 0.0664 e. The molecule has 1 nitrogen and oxygen atoms in total. The van der Waals surface area contributed by atoms with Crippen molar-refractivity contribution in [1.82, 2.24) is 0 Å². The molecule has 2 heteroatoms. The number of thioether (sulfide) groups is 1. The fraction of sp³-hybridized carbons (Fsp3) is 0.875. The molecule has 1 aliphatic rings. The molecule has 2 atom stereocenters. The van der Waals surface area contributed by atoms with E-state index in [1.54, 1.807) is 0 Å². The maximum absolute atomic E-state index is 8.62. The van der Waals surface area contributed by atoms with Crippen LogP contribution in [-0.2, 0) is 0 Å². The molecular weight excluding hydrogens is 142 g/mol. The van der Waals surface area contributed by atoms with Gasteiger partial charge >= 0.3 is 0 Å². The van der Waals surface area contributed by atoms with Gasteiger partial charge in [0, 0.05) is 5.25 Å². The second-order valence-electron chi connectivity index (χ2n) is 2.82. The number of rotatable bonds is 1. The van der Waals surface area contributed by atoms with Gasteiger partial charge in [0.2, 0.25) is 0 Å². The fourth-order valence-electron chi connectivity index (χ4n) is 1.24. The molecule has 0 amide bonds. The van der Waals surface area contributed by atoms with Crippen LogP contribution in [0.4, 0.5) is 0 Å². The van der Waals surface area contributed by atoms with Crippen LogP contribution in [0.5, 0.6) is 0 Å². The van der Waals surface area contributed by atoms with Gasteiger partial charge in [0.25, 0.3) is 0 Å². The molecule has 1 fully saturated rings. The minimum absolute atomic E-state index is 0.255. The number of hydrogen-bond donors (Lipinski definition) is 0. The summed E-state index contributed by atoms with van der Waals surface area (Å²) in [5.41, 5.74) is 0. The average Bonchev–Trinajstić information content (AvgIpc) is 2.05. The van der Waals surface area contributed by atoms with Crippen molar-refractivity contribution in [2.75, 3.05) is 5.75 Å². The molecule has 56 valence electrons. The molecule has 0 aromatic heterocycles. The molecule has 1 saturated heterocycles. The summed E-state index contributed by atoms with van der Waals surface area (Å²) < 4.78 is 0. The normalized spacial score (nSPS) is 29.0. The van der Waals surface area contributed by atoms with Crippen LogP contribution >= 0.6 is 11.8 Å². The molecule has 0 aromatic carbocycles. The summed E-state index contributed by atoms with van der Waals surface area (Å²) >= 11 is 1.97. The van der Waals surface area contributed by atoms with E-state index in [0.29, 0.717) is 5.25 Å². The highest BCUT2D eigenvalue weighted by Gasteiger charge is 2.19. The lowest BCUT2D eigenvalue weighted by atomic mass is 10.0. The average molecular weight is 155 g/mol. The minimum atomic E-state index is 0.255. The van der Waals surface area contributed by atoms with Crippen LogP contribution in [0.3, 0.4) is 0 Å². The zero-order valence-corrected chi connectivity index (χ0v) is 7.16. The third-order valence-electron chi connectivity index (χ3n) is 1.98. The van der Waals surface area contributed by atoms with Gasteiger partial charge in [0.05, 0.1) is 12.0 Å². The molecule has 0 aromatic rings. The molecule has 0 saturated carbocycles. The Morgan fingerprint density at radius 3 is 2.90 bits per heavy atom. The fourth-order valence-corrected chi connectivity index (χ4v) is 2.60. The van der Waals surface area contributed by atoms with E-state index < -0.39 is 0 Å². The number of nitriles is 1. The van der Waals surface area contributed by atoms with Crippen LogP contribution in [0.2, 0.25) is 0 Å². The molecule has 1 aliphatic heterocycles. The van der Waals surface area contributed by atoms with Crippen LogP contribution in [-0.4, -0.2) is 11.0 Å². The minimum Gasteiger partial charge on any atom is -0.198 e. The van der Waals surface area contributed by atoms with E-state index in [1.807, 2.05) is 18.7 Å². The molecule has 0 radical (unpaired) electrons. The Bertz CT molecular complexity index is 133. The van der Waals surface area contributed by atoms with Crippen LogP contribution in [0.1, 0.15) is 26.2 Å². The first-order valence-corrected chi connectivity index (χ1v) is 4.90. The first-order valence-electron chi connectivity index (χ1n) is 3.86. The van der Waals surface area contributed by atoms with Crippen molar-refractivity contribution in [2.45, 2.75) is 31.4 Å². The van der Waals surface area contributed by atoms with Gasteiger partial charge in [-0.05, 0) is 25.5 Å². The van der Waals surface area contributed by atoms with E-state index in [1.165, 1.54) is 25.0 Å². The van der Waals surface area contributed by atoms with Crippen molar-refractivity contribution < 1.29 is 0 Å². The zero-order chi connectivity index (χ0) is 7.40. The first-order chi connectivity index (χ1) is 4.84. The highest BCUT2D eigenvalue weighted by atomic mass is 32.2. The van der Waals surface area contributed by atoms with Crippen LogP contribution in [0, 0.1) is 17.2 Å². The van der Waals surface area contributed by atoms with E-state index in [2.05, 4.69) is 6.07 Å². The van der Waals surface area contributed by atoms with E-state index >= 15 is 0 Å². The highest BCUT2D eigenvalue weighted by Crippen LogP contribution is 2.29. The quantitative estimate of drug-likeness (QED) is 0.580. The Kier molecular flexibility index (Phi) is 3.08.